The number of aromatic amines is 4. The molecule has 0 saturated heterocycles. The molecule has 4 unspecified atom stereocenters. The van der Waals surface area contributed by atoms with Crippen molar-refractivity contribution in [2.75, 3.05) is 0 Å². The maximum Gasteiger partial charge on any atom is 0.205 e. The van der Waals surface area contributed by atoms with E-state index in [9.17, 15) is 0 Å². The van der Waals surface area contributed by atoms with Crippen molar-refractivity contribution in [3.8, 4) is 23.7 Å². The molecule has 0 spiro atoms. The molecule has 4 aromatic carbocycles. The predicted molar refractivity (Wildman–Crippen MR) is 478 cm³/mol. The first kappa shape index (κ1) is 75.3. The standard InChI is InChI=1S/C100H100N8O2S2/c1-9-17-23-61(13-5)55-77-85-41-35-67(101-85)59-68-36-42-86(102-68)78(56-62(14-6)24-18-10-2)90-50-46-82(106-90)73(81-45-49-89(77)105-81)39-31-65-33-53-93-95-71(65)27-21-29-75(95)97(109)99(111-93)100-98(110)76-30-22-28-72-66(34-54-94(112-100)96(72)76)32-40-74-83-47-51-91(107-83)79(57-63(15-7)25-19-11-3)87-43-37-69(103-87)60-70-38-44-88(104-70)80(92-52-48-84(74)108-92)58-64(16-8)26-20-12-4/h21-22,27-30,33-38,41-54,59-64,101,103,106,108H,9-20,23-26,55-58H2,1-8H3/b67-59?,68-59?,69-60?,70-60?,81-73?,82-73?,83-74?,84-74?,85-77?,86-78?,87-79?,88-80?,89-77?,90-78?,91-79?,92-80?,100-99-. The Labute approximate surface area is 664 Å². The van der Waals surface area contributed by atoms with Crippen LogP contribution in [0.1, 0.15) is 248 Å². The van der Waals surface area contributed by atoms with Crippen LogP contribution in [0, 0.1) is 56.4 Å². The monoisotopic (exact) mass is 1510 g/mol. The van der Waals surface area contributed by atoms with Gasteiger partial charge in [-0.05, 0) is 194 Å². The summed E-state index contributed by atoms with van der Waals surface area (Å²) in [6.45, 7) is 18.3. The maximum atomic E-state index is 15.4. The molecule has 0 saturated carbocycles. The summed E-state index contributed by atoms with van der Waals surface area (Å²) in [5.74, 6) is 16.8. The molecule has 0 fully saturated rings. The van der Waals surface area contributed by atoms with E-state index in [2.05, 4.69) is 245 Å². The van der Waals surface area contributed by atoms with Crippen molar-refractivity contribution < 1.29 is 0 Å². The second kappa shape index (κ2) is 33.7. The number of nitrogens with zero attached hydrogens (tertiary/aromatic N) is 4. The zero-order chi connectivity index (χ0) is 76.9. The number of unbranched alkanes of at least 4 members (excludes halogenated alkanes) is 4. The van der Waals surface area contributed by atoms with E-state index in [4.69, 9.17) is 19.9 Å². The van der Waals surface area contributed by atoms with Crippen LogP contribution in [-0.2, 0) is 25.7 Å². The van der Waals surface area contributed by atoms with Crippen molar-refractivity contribution in [1.82, 2.24) is 39.9 Å². The van der Waals surface area contributed by atoms with Crippen molar-refractivity contribution in [3.63, 3.8) is 0 Å². The van der Waals surface area contributed by atoms with Crippen LogP contribution in [0.2, 0.25) is 0 Å². The Morgan fingerprint density at radius 3 is 1.04 bits per heavy atom. The van der Waals surface area contributed by atoms with Crippen LogP contribution in [0.25, 0.3) is 134 Å². The molecule has 4 aliphatic heterocycles. The highest BCUT2D eigenvalue weighted by Gasteiger charge is 2.23. The molecule has 564 valence electrons. The zero-order valence-electron chi connectivity index (χ0n) is 66.0. The smallest absolute Gasteiger partial charge is 0.205 e. The Morgan fingerprint density at radius 1 is 0.339 bits per heavy atom. The quantitative estimate of drug-likeness (QED) is 0.0443. The molecule has 16 bridgehead atoms. The highest BCUT2D eigenvalue weighted by atomic mass is 32.1. The molecule has 0 amide bonds. The van der Waals surface area contributed by atoms with Gasteiger partial charge in [0.2, 0.25) is 10.9 Å². The fraction of sp³-hybridized carbons (Fsp3) is 0.320. The van der Waals surface area contributed by atoms with Crippen molar-refractivity contribution >= 4 is 157 Å². The number of hydrogen-bond acceptors (Lipinski definition) is 8. The Kier molecular flexibility index (Phi) is 22.6. The van der Waals surface area contributed by atoms with Gasteiger partial charge in [0.15, 0.2) is 0 Å². The second-order valence-electron chi connectivity index (χ2n) is 31.3. The molecule has 0 aliphatic carbocycles. The molecule has 16 rings (SSSR count). The van der Waals surface area contributed by atoms with Crippen molar-refractivity contribution in [2.24, 2.45) is 23.7 Å². The first-order valence-electron chi connectivity index (χ1n) is 41.5. The summed E-state index contributed by atoms with van der Waals surface area (Å²) in [5.41, 5.74) is 22.8. The minimum absolute atomic E-state index is 0.174. The summed E-state index contributed by atoms with van der Waals surface area (Å²) in [6.07, 6.45) is 39.2. The number of aromatic nitrogens is 8. The van der Waals surface area contributed by atoms with Gasteiger partial charge in [-0.3, -0.25) is 9.59 Å². The van der Waals surface area contributed by atoms with Crippen LogP contribution >= 0.6 is 22.7 Å². The zero-order valence-corrected chi connectivity index (χ0v) is 67.7. The molecule has 4 atom stereocenters. The number of benzene rings is 4. The van der Waals surface area contributed by atoms with Gasteiger partial charge >= 0.3 is 0 Å². The van der Waals surface area contributed by atoms with E-state index < -0.39 is 0 Å². The lowest BCUT2D eigenvalue weighted by Crippen LogP contribution is -2.08. The summed E-state index contributed by atoms with van der Waals surface area (Å²) in [6, 6.07) is 42.0. The molecular formula is C100H100N8O2S2. The third-order valence-electron chi connectivity index (χ3n) is 23.9. The number of rotatable bonds is 24. The fourth-order valence-corrected chi connectivity index (χ4v) is 19.6. The molecule has 4 aliphatic rings. The molecule has 112 heavy (non-hydrogen) atoms. The summed E-state index contributed by atoms with van der Waals surface area (Å²) in [4.78, 5) is 68.0. The summed E-state index contributed by atoms with van der Waals surface area (Å²) >= 11 is 2.77. The third-order valence-corrected chi connectivity index (χ3v) is 26.3. The van der Waals surface area contributed by atoms with Gasteiger partial charge in [-0.1, -0.05) is 218 Å². The fourth-order valence-electron chi connectivity index (χ4n) is 17.2. The molecule has 10 nitrogen and oxygen atoms in total. The van der Waals surface area contributed by atoms with E-state index in [0.717, 1.165) is 246 Å². The van der Waals surface area contributed by atoms with Crippen LogP contribution < -0.4 is 10.9 Å². The molecule has 12 heteroatoms. The number of hydrogen-bond donors (Lipinski definition) is 4. The van der Waals surface area contributed by atoms with E-state index >= 15 is 9.59 Å². The first-order valence-corrected chi connectivity index (χ1v) is 43.1. The van der Waals surface area contributed by atoms with Gasteiger partial charge in [0.25, 0.3) is 0 Å². The van der Waals surface area contributed by atoms with E-state index in [-0.39, 0.29) is 10.9 Å². The number of H-pyrrole nitrogens is 4. The van der Waals surface area contributed by atoms with E-state index in [1.165, 1.54) is 70.6 Å². The van der Waals surface area contributed by atoms with Crippen LogP contribution in [-0.4, -0.2) is 39.9 Å². The minimum atomic E-state index is -0.174. The molecule has 0 radical (unpaired) electrons. The highest BCUT2D eigenvalue weighted by Crippen LogP contribution is 2.38. The van der Waals surface area contributed by atoms with E-state index in [0.29, 0.717) is 43.5 Å². The largest absolute Gasteiger partial charge is 0.355 e. The van der Waals surface area contributed by atoms with Crippen molar-refractivity contribution in [1.29, 1.82) is 0 Å². The predicted octanol–water partition coefficient (Wildman–Crippen LogP) is 25.6. The second-order valence-corrected chi connectivity index (χ2v) is 33.4. The van der Waals surface area contributed by atoms with Crippen LogP contribution in [0.5, 0.6) is 0 Å². The van der Waals surface area contributed by atoms with Crippen LogP contribution in [0.15, 0.2) is 131 Å². The lowest BCUT2D eigenvalue weighted by molar-refractivity contribution is 0.449. The maximum absolute atomic E-state index is 15.4. The summed E-state index contributed by atoms with van der Waals surface area (Å²) < 4.78 is 2.65. The molecule has 12 heterocycles. The molecule has 4 N–H and O–H groups in total. The third kappa shape index (κ3) is 15.4. The van der Waals surface area contributed by atoms with Gasteiger partial charge in [0.1, 0.15) is 0 Å². The van der Waals surface area contributed by atoms with Gasteiger partial charge in [-0.15, -0.1) is 22.7 Å². The lowest BCUT2D eigenvalue weighted by Gasteiger charge is -2.15. The summed E-state index contributed by atoms with van der Waals surface area (Å²) in [5, 5.41) is 4.53. The van der Waals surface area contributed by atoms with Crippen molar-refractivity contribution in [2.45, 2.75) is 184 Å². The van der Waals surface area contributed by atoms with E-state index in [1.807, 2.05) is 24.3 Å². The Balaban J connectivity index is 0.827. The number of fused-ring (bicyclic) bond motifs is 16. The Morgan fingerprint density at radius 2 is 0.670 bits per heavy atom. The molecule has 12 aromatic rings. The average Bonchev–Trinajstić information content (AvgIpc) is 1.03. The summed E-state index contributed by atoms with van der Waals surface area (Å²) in [7, 11) is 0. The van der Waals surface area contributed by atoms with Crippen molar-refractivity contribution in [3.05, 3.63) is 241 Å². The Bertz CT molecular complexity index is 6100. The average molecular weight is 1510 g/mol. The van der Waals surface area contributed by atoms with E-state index in [1.54, 1.807) is 0 Å². The van der Waals surface area contributed by atoms with Gasteiger partial charge in [0, 0.05) is 97.4 Å². The SMILES string of the molecule is CCCCC(CC)Cc1c2nc(c(C#Cc3ccc4s/c(=c5\sc6ccc(C#Cc7c8nc(c(CC(CC)CCCC)c9ccc(cc%10nc(c(CC(CC)CCCC)c%11ccc7[nH]%11)C=C%10)[nH]9)C=C8)c7cccc(c5=O)c67)c(=O)c5cccc3c45)c3ccc([nH]3)c(CC(CC)CCCC)c3nc(cc4ccc1[nH]4)C=C3)C=C2. The topological polar surface area (TPSA) is 149 Å². The lowest BCUT2D eigenvalue weighted by atomic mass is 9.91. The normalized spacial score (nSPS) is 13.9. The van der Waals surface area contributed by atoms with Gasteiger partial charge in [-0.2, -0.15) is 0 Å². The van der Waals surface area contributed by atoms with Gasteiger partial charge in [-0.25, -0.2) is 19.9 Å². The highest BCUT2D eigenvalue weighted by molar-refractivity contribution is 7.20. The van der Waals surface area contributed by atoms with Crippen LogP contribution in [0.3, 0.4) is 0 Å². The Hall–Kier alpha value is -10.8. The van der Waals surface area contributed by atoms with Crippen LogP contribution in [0.4, 0.5) is 0 Å². The van der Waals surface area contributed by atoms with Gasteiger partial charge in [0.05, 0.1) is 76.8 Å². The number of nitrogens with one attached hydrogen (secondary N) is 4. The van der Waals surface area contributed by atoms with Gasteiger partial charge < -0.3 is 19.9 Å². The first-order chi connectivity index (χ1) is 54.9. The molecular weight excluding hydrogens is 1410 g/mol. The minimum Gasteiger partial charge on any atom is -0.355 e. The molecule has 8 aromatic heterocycles.